The lowest BCUT2D eigenvalue weighted by Gasteiger charge is -2.36. The zero-order chi connectivity index (χ0) is 17.5. The maximum atomic E-state index is 13.2. The van der Waals surface area contributed by atoms with E-state index in [0.29, 0.717) is 26.2 Å². The molecule has 2 aliphatic rings. The Balaban J connectivity index is 1.62. The van der Waals surface area contributed by atoms with E-state index in [1.165, 1.54) is 0 Å². The highest BCUT2D eigenvalue weighted by Crippen LogP contribution is 2.38. The molecule has 0 spiro atoms. The Kier molecular flexibility index (Phi) is 4.46. The van der Waals surface area contributed by atoms with E-state index in [4.69, 9.17) is 0 Å². The third kappa shape index (κ3) is 3.35. The maximum absolute atomic E-state index is 13.2. The van der Waals surface area contributed by atoms with Crippen LogP contribution in [0.25, 0.3) is 0 Å². The number of aromatic amines is 1. The summed E-state index contributed by atoms with van der Waals surface area (Å²) in [6, 6.07) is 1.92. The van der Waals surface area contributed by atoms with Crippen LogP contribution in [0.2, 0.25) is 0 Å². The van der Waals surface area contributed by atoms with Crippen molar-refractivity contribution in [3.63, 3.8) is 0 Å². The van der Waals surface area contributed by atoms with E-state index < -0.39 is 18.0 Å². The fourth-order valence-corrected chi connectivity index (χ4v) is 3.54. The van der Waals surface area contributed by atoms with Crippen molar-refractivity contribution in [3.8, 4) is 0 Å². The largest absolute Gasteiger partial charge is 0.393 e. The Morgan fingerprint density at radius 1 is 1.25 bits per heavy atom. The highest BCUT2D eigenvalue weighted by Gasteiger charge is 2.52. The van der Waals surface area contributed by atoms with Crippen LogP contribution in [0.4, 0.5) is 19.0 Å². The van der Waals surface area contributed by atoms with Crippen LogP contribution in [-0.4, -0.2) is 78.4 Å². The smallest absolute Gasteiger partial charge is 0.352 e. The van der Waals surface area contributed by atoms with Gasteiger partial charge in [-0.1, -0.05) is 0 Å². The van der Waals surface area contributed by atoms with Gasteiger partial charge in [-0.25, -0.2) is 0 Å². The van der Waals surface area contributed by atoms with Gasteiger partial charge in [0.05, 0.1) is 11.8 Å². The molecular weight excluding hydrogens is 323 g/mol. The number of carbonyl (C=O) groups is 1. The number of rotatable bonds is 2. The number of amides is 1. The van der Waals surface area contributed by atoms with Crippen LogP contribution in [0.15, 0.2) is 6.07 Å². The monoisotopic (exact) mass is 345 g/mol. The first-order valence-electron chi connectivity index (χ1n) is 8.06. The molecule has 2 saturated heterocycles. The van der Waals surface area contributed by atoms with Crippen LogP contribution in [0.3, 0.4) is 0 Å². The first-order valence-corrected chi connectivity index (χ1v) is 8.06. The first-order chi connectivity index (χ1) is 11.3. The topological polar surface area (TPSA) is 55.5 Å². The molecule has 134 valence electrons. The van der Waals surface area contributed by atoms with Gasteiger partial charge < -0.3 is 14.7 Å². The molecule has 1 aromatic rings. The molecule has 0 aliphatic carbocycles. The molecular formula is C15H22F3N5O. The van der Waals surface area contributed by atoms with E-state index in [0.717, 1.165) is 11.5 Å². The Morgan fingerprint density at radius 2 is 1.92 bits per heavy atom. The molecule has 2 fully saturated rings. The van der Waals surface area contributed by atoms with Crippen LogP contribution in [-0.2, 0) is 4.79 Å². The number of halogens is 3. The summed E-state index contributed by atoms with van der Waals surface area (Å²) in [4.78, 5) is 17.8. The number of nitrogens with one attached hydrogen (secondary N) is 1. The predicted octanol–water partition coefficient (Wildman–Crippen LogP) is 1.11. The summed E-state index contributed by atoms with van der Waals surface area (Å²) in [7, 11) is 1.63. The number of aromatic nitrogens is 2. The van der Waals surface area contributed by atoms with Crippen LogP contribution in [0.1, 0.15) is 5.69 Å². The third-order valence-corrected chi connectivity index (χ3v) is 4.85. The second kappa shape index (κ2) is 6.27. The van der Waals surface area contributed by atoms with Crippen LogP contribution < -0.4 is 4.90 Å². The molecule has 0 aromatic carbocycles. The van der Waals surface area contributed by atoms with Gasteiger partial charge in [-0.3, -0.25) is 9.89 Å². The molecule has 1 aromatic heterocycles. The summed E-state index contributed by atoms with van der Waals surface area (Å²) in [5.41, 5.74) is 0.950. The van der Waals surface area contributed by atoms with Gasteiger partial charge in [0, 0.05) is 51.0 Å². The highest BCUT2D eigenvalue weighted by atomic mass is 19.4. The van der Waals surface area contributed by atoms with Crippen molar-refractivity contribution >= 4 is 11.7 Å². The second-order valence-electron chi connectivity index (χ2n) is 6.70. The number of H-pyrrole nitrogens is 1. The molecule has 6 nitrogen and oxygen atoms in total. The number of hydrogen-bond acceptors (Lipinski definition) is 4. The van der Waals surface area contributed by atoms with Gasteiger partial charge in [-0.05, 0) is 14.0 Å². The summed E-state index contributed by atoms with van der Waals surface area (Å²) in [5.74, 6) is -2.12. The summed E-state index contributed by atoms with van der Waals surface area (Å²) >= 11 is 0. The molecule has 9 heteroatoms. The second-order valence-corrected chi connectivity index (χ2v) is 6.70. The number of aryl methyl sites for hydroxylation is 1. The minimum atomic E-state index is -4.33. The van der Waals surface area contributed by atoms with Crippen molar-refractivity contribution in [1.82, 2.24) is 20.0 Å². The van der Waals surface area contributed by atoms with Gasteiger partial charge in [0.15, 0.2) is 5.82 Å². The van der Waals surface area contributed by atoms with Crippen molar-refractivity contribution in [2.45, 2.75) is 13.1 Å². The summed E-state index contributed by atoms with van der Waals surface area (Å²) in [6.45, 7) is 3.98. The average molecular weight is 345 g/mol. The Morgan fingerprint density at radius 3 is 2.46 bits per heavy atom. The normalized spacial score (nSPS) is 26.2. The van der Waals surface area contributed by atoms with Gasteiger partial charge in [-0.15, -0.1) is 0 Å². The molecule has 0 saturated carbocycles. The van der Waals surface area contributed by atoms with Crippen molar-refractivity contribution in [1.29, 1.82) is 0 Å². The number of anilines is 1. The average Bonchev–Trinajstić information content (AvgIpc) is 3.12. The lowest BCUT2D eigenvalue weighted by molar-refractivity contribution is -0.186. The van der Waals surface area contributed by atoms with Crippen molar-refractivity contribution < 1.29 is 18.0 Å². The fourth-order valence-electron chi connectivity index (χ4n) is 3.54. The molecule has 0 radical (unpaired) electrons. The Bertz CT molecular complexity index is 594. The molecule has 2 aliphatic heterocycles. The van der Waals surface area contributed by atoms with E-state index >= 15 is 0 Å². The van der Waals surface area contributed by atoms with Gasteiger partial charge >= 0.3 is 6.18 Å². The molecule has 1 N–H and O–H groups in total. The minimum Gasteiger partial charge on any atom is -0.352 e. The lowest BCUT2D eigenvalue weighted by atomic mass is 9.93. The summed E-state index contributed by atoms with van der Waals surface area (Å²) in [6.07, 6.45) is -4.33. The van der Waals surface area contributed by atoms with E-state index in [2.05, 4.69) is 10.2 Å². The predicted molar refractivity (Wildman–Crippen MR) is 82.6 cm³/mol. The molecule has 2 atom stereocenters. The molecule has 3 heterocycles. The highest BCUT2D eigenvalue weighted by molar-refractivity contribution is 5.80. The van der Waals surface area contributed by atoms with E-state index in [-0.39, 0.29) is 19.0 Å². The van der Waals surface area contributed by atoms with Gasteiger partial charge in [0.25, 0.3) is 0 Å². The Hall–Kier alpha value is -1.77. The van der Waals surface area contributed by atoms with Crippen molar-refractivity contribution in [3.05, 3.63) is 11.8 Å². The van der Waals surface area contributed by atoms with Crippen molar-refractivity contribution in [2.75, 3.05) is 51.2 Å². The van der Waals surface area contributed by atoms with E-state index in [1.807, 2.05) is 17.9 Å². The minimum absolute atomic E-state index is 0.105. The van der Waals surface area contributed by atoms with Gasteiger partial charge in [0.2, 0.25) is 5.91 Å². The number of likely N-dealkylation sites (tertiary alicyclic amines) is 1. The van der Waals surface area contributed by atoms with Gasteiger partial charge in [0.1, 0.15) is 0 Å². The Labute approximate surface area is 138 Å². The standard InChI is InChI=1S/C15H22F3N5O/c1-10-7-13(20-19-10)22-3-5-23(6-4-22)14(24)11-8-21(2)9-12(11)15(16,17)18/h7,11-12H,3-6,8-9H2,1-2H3,(H,19,20)/t11-,12-/m1/s1. The number of carbonyl (C=O) groups excluding carboxylic acids is 1. The van der Waals surface area contributed by atoms with Crippen LogP contribution in [0, 0.1) is 18.8 Å². The zero-order valence-corrected chi connectivity index (χ0v) is 13.8. The number of nitrogens with zero attached hydrogens (tertiary/aromatic N) is 4. The van der Waals surface area contributed by atoms with E-state index in [9.17, 15) is 18.0 Å². The molecule has 0 unspecified atom stereocenters. The van der Waals surface area contributed by atoms with Gasteiger partial charge in [-0.2, -0.15) is 18.3 Å². The third-order valence-electron chi connectivity index (χ3n) is 4.85. The fraction of sp³-hybridized carbons (Fsp3) is 0.733. The molecule has 1 amide bonds. The number of hydrogen-bond donors (Lipinski definition) is 1. The number of alkyl halides is 3. The van der Waals surface area contributed by atoms with Crippen LogP contribution in [0.5, 0.6) is 0 Å². The van der Waals surface area contributed by atoms with Crippen LogP contribution >= 0.6 is 0 Å². The number of piperazine rings is 1. The maximum Gasteiger partial charge on any atom is 0.393 e. The summed E-state index contributed by atoms with van der Waals surface area (Å²) in [5, 5.41) is 7.05. The quantitative estimate of drug-likeness (QED) is 0.872. The van der Waals surface area contributed by atoms with Crippen molar-refractivity contribution in [2.24, 2.45) is 11.8 Å². The molecule has 24 heavy (non-hydrogen) atoms. The van der Waals surface area contributed by atoms with E-state index in [1.54, 1.807) is 16.8 Å². The molecule has 0 bridgehead atoms. The molecule has 3 rings (SSSR count). The summed E-state index contributed by atoms with van der Waals surface area (Å²) < 4.78 is 39.5. The SMILES string of the molecule is Cc1cc(N2CCN(C(=O)[C@@H]3CN(C)C[C@H]3C(F)(F)F)CC2)n[nH]1. The first kappa shape index (κ1) is 17.1. The lowest BCUT2D eigenvalue weighted by Crippen LogP contribution is -2.52. The zero-order valence-electron chi connectivity index (χ0n) is 13.8.